The van der Waals surface area contributed by atoms with Gasteiger partial charge in [0, 0.05) is 0 Å². The predicted octanol–water partition coefficient (Wildman–Crippen LogP) is 2.93. The Balaban J connectivity index is 0.00000100. The molecule has 0 aliphatic carbocycles. The topological polar surface area (TPSA) is 69.1 Å². The van der Waals surface area contributed by atoms with Gasteiger partial charge in [-0.1, -0.05) is 13.8 Å². The van der Waals surface area contributed by atoms with Crippen molar-refractivity contribution < 1.29 is 19.4 Å². The molecular formula is C18H18N5W-. The summed E-state index contributed by atoms with van der Waals surface area (Å²) in [6, 6.07) is 11.8. The van der Waals surface area contributed by atoms with Crippen LogP contribution in [0.15, 0.2) is 53.8 Å². The van der Waals surface area contributed by atoms with Crippen LogP contribution in [0, 0.1) is 6.20 Å². The molecule has 122 valence electrons. The Hall–Kier alpha value is -2.39. The summed E-state index contributed by atoms with van der Waals surface area (Å²) < 4.78 is 3.59. The van der Waals surface area contributed by atoms with Crippen LogP contribution in [0.3, 0.4) is 0 Å². The van der Waals surface area contributed by atoms with Gasteiger partial charge in [0.15, 0.2) is 0 Å². The fourth-order valence-electron chi connectivity index (χ4n) is 2.21. The summed E-state index contributed by atoms with van der Waals surface area (Å²) in [6.07, 6.45) is 7.91. The molecule has 0 radical (unpaired) electrons. The van der Waals surface area contributed by atoms with Crippen molar-refractivity contribution in [2.24, 2.45) is 10.7 Å². The number of nitrogens with zero attached hydrogens (tertiary/aromatic N) is 4. The summed E-state index contributed by atoms with van der Waals surface area (Å²) in [5.74, 6) is 0. The molecule has 24 heavy (non-hydrogen) atoms. The van der Waals surface area contributed by atoms with Crippen LogP contribution in [-0.2, 0) is 19.4 Å². The van der Waals surface area contributed by atoms with Crippen LogP contribution in [0.25, 0.3) is 22.3 Å². The summed E-state index contributed by atoms with van der Waals surface area (Å²) in [4.78, 5) is 8.60. The first kappa shape index (κ1) is 18.0. The Morgan fingerprint density at radius 3 is 2.67 bits per heavy atom. The molecular weight excluding hydrogens is 470 g/mol. The van der Waals surface area contributed by atoms with E-state index in [-0.39, 0.29) is 0 Å². The van der Waals surface area contributed by atoms with E-state index in [1.165, 1.54) is 19.4 Å². The normalized spacial score (nSPS) is 11.3. The van der Waals surface area contributed by atoms with Gasteiger partial charge < -0.3 is 0 Å². The minimum absolute atomic E-state index is 0.720. The van der Waals surface area contributed by atoms with Crippen LogP contribution < -0.4 is 5.73 Å². The Morgan fingerprint density at radius 2 is 2.00 bits per heavy atom. The predicted molar refractivity (Wildman–Crippen MR) is 95.6 cm³/mol. The molecule has 2 heterocycles. The third-order valence-electron chi connectivity index (χ3n) is 3.18. The fourth-order valence-corrected chi connectivity index (χ4v) is 2.43. The molecule has 1 aromatic carbocycles. The van der Waals surface area contributed by atoms with Crippen LogP contribution in [0.2, 0.25) is 0 Å². The number of para-hydroxylation sites is 1. The average Bonchev–Trinajstić information content (AvgIpc) is 3.09. The van der Waals surface area contributed by atoms with E-state index in [4.69, 9.17) is 5.73 Å². The Bertz CT molecular complexity index is 866. The minimum atomic E-state index is 0.720. The van der Waals surface area contributed by atoms with Crippen molar-refractivity contribution in [3.8, 4) is 5.69 Å². The van der Waals surface area contributed by atoms with Crippen molar-refractivity contribution in [3.05, 3.63) is 60.6 Å². The molecule has 2 N–H and O–H groups in total. The SMILES string of the molecule is CC.N[C-]=C(C=N[CH]=[W])c1ccnc2c1cnn2-c1ccccc1. The molecule has 0 fully saturated rings. The van der Waals surface area contributed by atoms with Crippen molar-refractivity contribution in [2.75, 3.05) is 0 Å². The van der Waals surface area contributed by atoms with Crippen LogP contribution >= 0.6 is 0 Å². The molecule has 0 saturated carbocycles. The molecule has 6 heteroatoms. The zero-order valence-electron chi connectivity index (χ0n) is 13.5. The van der Waals surface area contributed by atoms with E-state index in [2.05, 4.69) is 21.3 Å². The van der Waals surface area contributed by atoms with Crippen molar-refractivity contribution >= 4 is 27.3 Å². The van der Waals surface area contributed by atoms with Gasteiger partial charge in [-0.05, 0) is 0 Å². The van der Waals surface area contributed by atoms with Gasteiger partial charge in [-0.3, -0.25) is 0 Å². The molecule has 0 aliphatic rings. The first-order valence-corrected chi connectivity index (χ1v) is 9.23. The Morgan fingerprint density at radius 1 is 1.25 bits per heavy atom. The number of allylic oxidation sites excluding steroid dienone is 1. The van der Waals surface area contributed by atoms with Crippen LogP contribution in [0.5, 0.6) is 0 Å². The zero-order valence-corrected chi connectivity index (χ0v) is 16.5. The van der Waals surface area contributed by atoms with Crippen molar-refractivity contribution in [1.29, 1.82) is 0 Å². The first-order chi connectivity index (χ1) is 11.8. The maximum absolute atomic E-state index is 5.62. The van der Waals surface area contributed by atoms with Gasteiger partial charge in [-0.2, -0.15) is 0 Å². The second-order valence-corrected chi connectivity index (χ2v) is 5.19. The number of hydrogen-bond donors (Lipinski definition) is 1. The number of benzene rings is 1. The zero-order chi connectivity index (χ0) is 17.4. The van der Waals surface area contributed by atoms with Gasteiger partial charge >= 0.3 is 138 Å². The van der Waals surface area contributed by atoms with E-state index >= 15 is 0 Å². The Labute approximate surface area is 152 Å². The number of pyridine rings is 1. The summed E-state index contributed by atoms with van der Waals surface area (Å²) in [6.45, 7) is 4.00. The van der Waals surface area contributed by atoms with Crippen molar-refractivity contribution in [1.82, 2.24) is 14.8 Å². The molecule has 3 rings (SSSR count). The van der Waals surface area contributed by atoms with Crippen molar-refractivity contribution in [3.63, 3.8) is 0 Å². The number of rotatable bonds is 4. The van der Waals surface area contributed by atoms with Crippen LogP contribution in [0.4, 0.5) is 0 Å². The van der Waals surface area contributed by atoms with E-state index in [1.807, 2.05) is 50.2 Å². The quantitative estimate of drug-likeness (QED) is 0.349. The first-order valence-electron chi connectivity index (χ1n) is 7.54. The third kappa shape index (κ3) is 3.74. The summed E-state index contributed by atoms with van der Waals surface area (Å²) in [5, 5.41) is 5.36. The van der Waals surface area contributed by atoms with Gasteiger partial charge in [0.2, 0.25) is 0 Å². The van der Waals surface area contributed by atoms with Gasteiger partial charge in [-0.25, -0.2) is 0 Å². The molecule has 0 spiro atoms. The van der Waals surface area contributed by atoms with E-state index in [0.717, 1.165) is 27.9 Å². The summed E-state index contributed by atoms with van der Waals surface area (Å²) in [7, 11) is 0. The number of aromatic nitrogens is 3. The average molecular weight is 488 g/mol. The van der Waals surface area contributed by atoms with Crippen molar-refractivity contribution in [2.45, 2.75) is 13.8 Å². The molecule has 0 saturated heterocycles. The molecule has 0 bridgehead atoms. The molecule has 0 amide bonds. The van der Waals surface area contributed by atoms with Crippen LogP contribution in [-0.4, -0.2) is 25.5 Å². The molecule has 5 nitrogen and oxygen atoms in total. The fraction of sp³-hybridized carbons (Fsp3) is 0.111. The molecule has 0 aliphatic heterocycles. The summed E-state index contributed by atoms with van der Waals surface area (Å²) >= 11 is 1.28. The number of fused-ring (bicyclic) bond motifs is 1. The number of hydrogen-bond acceptors (Lipinski definition) is 4. The number of aliphatic imine (C=N–C) groups is 1. The number of nitrogens with two attached hydrogens (primary N) is 1. The second-order valence-electron chi connectivity index (χ2n) is 4.43. The molecule has 0 unspecified atom stereocenters. The standard InChI is InChI=1S/C16H12N5.C2H6.W/c1-18-10-12(9-17)14-7-8-19-16-15(14)11-20-21(16)13-5-3-2-4-6-13;1-2;/h1-8,10-11H,17H2;1-2H3;/q-1;;. The van der Waals surface area contributed by atoms with Gasteiger partial charge in [0.25, 0.3) is 0 Å². The third-order valence-corrected chi connectivity index (χ3v) is 3.62. The Kier molecular flexibility index (Phi) is 6.76. The molecule has 0 atom stereocenters. The second kappa shape index (κ2) is 9.04. The summed E-state index contributed by atoms with van der Waals surface area (Å²) in [5.41, 5.74) is 8.99. The van der Waals surface area contributed by atoms with E-state index in [1.54, 1.807) is 27.8 Å². The molecule has 3 aromatic rings. The van der Waals surface area contributed by atoms with Crippen LogP contribution in [0.1, 0.15) is 19.4 Å². The molecule has 2 aromatic heterocycles. The van der Waals surface area contributed by atoms with E-state index in [0.29, 0.717) is 0 Å². The van der Waals surface area contributed by atoms with E-state index < -0.39 is 0 Å². The maximum atomic E-state index is 5.62. The van der Waals surface area contributed by atoms with Gasteiger partial charge in [-0.15, -0.1) is 0 Å². The van der Waals surface area contributed by atoms with E-state index in [9.17, 15) is 0 Å². The monoisotopic (exact) mass is 488 g/mol. The van der Waals surface area contributed by atoms with Gasteiger partial charge in [0.1, 0.15) is 0 Å². The van der Waals surface area contributed by atoms with Gasteiger partial charge in [0.05, 0.1) is 0 Å².